The summed E-state index contributed by atoms with van der Waals surface area (Å²) in [5, 5.41) is 0. The molecule has 1 aromatic carbocycles. The van der Waals surface area contributed by atoms with Gasteiger partial charge in [-0.1, -0.05) is 6.07 Å². The topological polar surface area (TPSA) is 49.6 Å². The van der Waals surface area contributed by atoms with Crippen LogP contribution in [0.5, 0.6) is 0 Å². The van der Waals surface area contributed by atoms with E-state index in [2.05, 4.69) is 43.9 Å². The van der Waals surface area contributed by atoms with E-state index in [4.69, 9.17) is 5.73 Å². The summed E-state index contributed by atoms with van der Waals surface area (Å²) in [4.78, 5) is 16.5. The highest BCUT2D eigenvalue weighted by molar-refractivity contribution is 5.98. The van der Waals surface area contributed by atoms with E-state index < -0.39 is 0 Å². The molecule has 104 valence electrons. The van der Waals surface area contributed by atoms with Crippen LogP contribution in [-0.4, -0.2) is 43.0 Å². The van der Waals surface area contributed by atoms with E-state index in [-0.39, 0.29) is 11.9 Å². The molecule has 0 aliphatic carbocycles. The van der Waals surface area contributed by atoms with Crippen molar-refractivity contribution in [2.75, 3.05) is 25.0 Å². The second-order valence-corrected chi connectivity index (χ2v) is 5.56. The average molecular weight is 261 g/mol. The van der Waals surface area contributed by atoms with Crippen molar-refractivity contribution in [2.24, 2.45) is 5.73 Å². The molecule has 0 bridgehead atoms. The Balaban J connectivity index is 2.35. The van der Waals surface area contributed by atoms with Gasteiger partial charge in [0.25, 0.3) is 0 Å². The van der Waals surface area contributed by atoms with Gasteiger partial charge in [0.05, 0.1) is 0 Å². The third kappa shape index (κ3) is 2.65. The number of anilines is 1. The highest BCUT2D eigenvalue weighted by Gasteiger charge is 2.36. The van der Waals surface area contributed by atoms with Gasteiger partial charge in [-0.15, -0.1) is 0 Å². The Kier molecular flexibility index (Phi) is 3.92. The minimum Gasteiger partial charge on any atom is -0.328 e. The summed E-state index contributed by atoms with van der Waals surface area (Å²) in [6.45, 7) is 7.32. The van der Waals surface area contributed by atoms with Crippen LogP contribution in [0, 0.1) is 13.8 Å². The van der Waals surface area contributed by atoms with Gasteiger partial charge in [0, 0.05) is 24.8 Å². The number of carbonyl (C=O) groups is 1. The van der Waals surface area contributed by atoms with Crippen LogP contribution in [0.3, 0.4) is 0 Å². The molecule has 1 aliphatic rings. The van der Waals surface area contributed by atoms with Crippen molar-refractivity contribution < 1.29 is 4.79 Å². The molecular weight excluding hydrogens is 238 g/mol. The van der Waals surface area contributed by atoms with Crippen LogP contribution in [0.1, 0.15) is 18.1 Å². The Bertz CT molecular complexity index is 466. The number of nitrogens with two attached hydrogens (primary N) is 1. The third-order valence-electron chi connectivity index (χ3n) is 3.93. The molecule has 0 radical (unpaired) electrons. The van der Waals surface area contributed by atoms with Gasteiger partial charge in [0.1, 0.15) is 6.04 Å². The number of amides is 1. The lowest BCUT2D eigenvalue weighted by Crippen LogP contribution is -2.62. The molecule has 4 heteroatoms. The second-order valence-electron chi connectivity index (χ2n) is 5.56. The number of likely N-dealkylation sites (N-methyl/N-ethyl adjacent to an activating group) is 1. The Labute approximate surface area is 115 Å². The number of benzene rings is 1. The standard InChI is InChI=1S/C15H23N3O/c1-10-5-11(2)7-13(6-10)18-9-12(3)17(4)14(8-16)15(18)19/h5-7,12,14H,8-9,16H2,1-4H3. The van der Waals surface area contributed by atoms with Gasteiger partial charge in [-0.3, -0.25) is 9.69 Å². The summed E-state index contributed by atoms with van der Waals surface area (Å²) in [6, 6.07) is 6.35. The molecule has 2 unspecified atom stereocenters. The lowest BCUT2D eigenvalue weighted by Gasteiger charge is -2.42. The predicted molar refractivity (Wildman–Crippen MR) is 78.3 cm³/mol. The summed E-state index contributed by atoms with van der Waals surface area (Å²) in [6.07, 6.45) is 0. The summed E-state index contributed by atoms with van der Waals surface area (Å²) in [5.41, 5.74) is 9.10. The molecule has 2 atom stereocenters. The van der Waals surface area contributed by atoms with E-state index in [1.54, 1.807) is 0 Å². The largest absolute Gasteiger partial charge is 0.328 e. The van der Waals surface area contributed by atoms with E-state index in [9.17, 15) is 4.79 Å². The smallest absolute Gasteiger partial charge is 0.245 e. The highest BCUT2D eigenvalue weighted by atomic mass is 16.2. The summed E-state index contributed by atoms with van der Waals surface area (Å²) in [5.74, 6) is 0.105. The van der Waals surface area contributed by atoms with Crippen LogP contribution in [0.2, 0.25) is 0 Å². The molecule has 0 aromatic heterocycles. The maximum atomic E-state index is 12.5. The van der Waals surface area contributed by atoms with Crippen LogP contribution in [0.25, 0.3) is 0 Å². The quantitative estimate of drug-likeness (QED) is 0.873. The average Bonchev–Trinajstić information content (AvgIpc) is 2.33. The molecule has 19 heavy (non-hydrogen) atoms. The van der Waals surface area contributed by atoms with Crippen molar-refractivity contribution in [3.8, 4) is 0 Å². The maximum absolute atomic E-state index is 12.5. The normalized spacial score (nSPS) is 24.9. The van der Waals surface area contributed by atoms with Crippen LogP contribution < -0.4 is 10.6 Å². The zero-order valence-corrected chi connectivity index (χ0v) is 12.2. The molecule has 2 N–H and O–H groups in total. The Morgan fingerprint density at radius 3 is 2.37 bits per heavy atom. The SMILES string of the molecule is Cc1cc(C)cc(N2CC(C)N(C)C(CN)C2=O)c1. The van der Waals surface area contributed by atoms with Gasteiger partial charge in [-0.05, 0) is 51.1 Å². The van der Waals surface area contributed by atoms with Crippen molar-refractivity contribution in [1.82, 2.24) is 4.90 Å². The van der Waals surface area contributed by atoms with E-state index in [0.717, 1.165) is 5.69 Å². The van der Waals surface area contributed by atoms with Gasteiger partial charge in [0.2, 0.25) is 5.91 Å². The minimum atomic E-state index is -0.218. The molecule has 1 amide bonds. The second kappa shape index (κ2) is 5.31. The number of rotatable bonds is 2. The summed E-state index contributed by atoms with van der Waals surface area (Å²) < 4.78 is 0. The van der Waals surface area contributed by atoms with Crippen molar-refractivity contribution in [1.29, 1.82) is 0 Å². The van der Waals surface area contributed by atoms with Gasteiger partial charge < -0.3 is 10.6 Å². The number of aryl methyl sites for hydroxylation is 2. The Morgan fingerprint density at radius 1 is 1.26 bits per heavy atom. The molecule has 1 aliphatic heterocycles. The monoisotopic (exact) mass is 261 g/mol. The minimum absolute atomic E-state index is 0.105. The van der Waals surface area contributed by atoms with Crippen LogP contribution in [0.15, 0.2) is 18.2 Å². The molecule has 2 rings (SSSR count). The lowest BCUT2D eigenvalue weighted by molar-refractivity contribution is -0.126. The summed E-state index contributed by atoms with van der Waals surface area (Å²) >= 11 is 0. The van der Waals surface area contributed by atoms with Crippen molar-refractivity contribution >= 4 is 11.6 Å². The van der Waals surface area contributed by atoms with Gasteiger partial charge in [-0.25, -0.2) is 0 Å². The summed E-state index contributed by atoms with van der Waals surface area (Å²) in [7, 11) is 1.97. The molecular formula is C15H23N3O. The first-order valence-corrected chi connectivity index (χ1v) is 6.75. The van der Waals surface area contributed by atoms with Crippen LogP contribution in [0.4, 0.5) is 5.69 Å². The highest BCUT2D eigenvalue weighted by Crippen LogP contribution is 2.24. The first kappa shape index (κ1) is 14.0. The lowest BCUT2D eigenvalue weighted by atomic mass is 10.0. The number of piperazine rings is 1. The van der Waals surface area contributed by atoms with E-state index >= 15 is 0 Å². The van der Waals surface area contributed by atoms with E-state index in [0.29, 0.717) is 19.1 Å². The molecule has 1 saturated heterocycles. The van der Waals surface area contributed by atoms with E-state index in [1.807, 2.05) is 11.9 Å². The fraction of sp³-hybridized carbons (Fsp3) is 0.533. The molecule has 0 spiro atoms. The first-order valence-electron chi connectivity index (χ1n) is 6.75. The first-order chi connectivity index (χ1) is 8.93. The molecule has 1 aromatic rings. The Hall–Kier alpha value is -1.39. The maximum Gasteiger partial charge on any atom is 0.245 e. The zero-order chi connectivity index (χ0) is 14.2. The Morgan fingerprint density at radius 2 is 1.84 bits per heavy atom. The number of hydrogen-bond acceptors (Lipinski definition) is 3. The molecule has 4 nitrogen and oxygen atoms in total. The molecule has 1 fully saturated rings. The number of hydrogen-bond donors (Lipinski definition) is 1. The van der Waals surface area contributed by atoms with E-state index in [1.165, 1.54) is 11.1 Å². The fourth-order valence-corrected chi connectivity index (χ4v) is 2.75. The third-order valence-corrected chi connectivity index (χ3v) is 3.93. The van der Waals surface area contributed by atoms with Crippen LogP contribution in [-0.2, 0) is 4.79 Å². The van der Waals surface area contributed by atoms with Gasteiger partial charge in [0.15, 0.2) is 0 Å². The van der Waals surface area contributed by atoms with Gasteiger partial charge in [-0.2, -0.15) is 0 Å². The zero-order valence-electron chi connectivity index (χ0n) is 12.2. The van der Waals surface area contributed by atoms with Gasteiger partial charge >= 0.3 is 0 Å². The fourth-order valence-electron chi connectivity index (χ4n) is 2.75. The molecule has 0 saturated carbocycles. The number of nitrogens with zero attached hydrogens (tertiary/aromatic N) is 2. The van der Waals surface area contributed by atoms with Crippen LogP contribution >= 0.6 is 0 Å². The van der Waals surface area contributed by atoms with Crippen molar-refractivity contribution in [2.45, 2.75) is 32.9 Å². The van der Waals surface area contributed by atoms with Crippen molar-refractivity contribution in [3.63, 3.8) is 0 Å². The number of carbonyl (C=O) groups excluding carboxylic acids is 1. The van der Waals surface area contributed by atoms with Crippen molar-refractivity contribution in [3.05, 3.63) is 29.3 Å². The predicted octanol–water partition coefficient (Wildman–Crippen LogP) is 1.30. The molecule has 1 heterocycles.